The monoisotopic (exact) mass is 389 g/mol. The van der Waals surface area contributed by atoms with Gasteiger partial charge in [0, 0.05) is 18.3 Å². The summed E-state index contributed by atoms with van der Waals surface area (Å²) < 4.78 is 19.9. The van der Waals surface area contributed by atoms with Crippen molar-refractivity contribution in [2.75, 3.05) is 33.3 Å². The topological polar surface area (TPSA) is 112 Å². The number of esters is 2. The number of carboxylic acid groups (broad SMARTS) is 1. The molecule has 1 N–H and O–H groups in total. The number of hydrogen-bond donors (Lipinski definition) is 1. The van der Waals surface area contributed by atoms with Crippen LogP contribution >= 0.6 is 0 Å². The van der Waals surface area contributed by atoms with Gasteiger partial charge in [0.15, 0.2) is 11.5 Å². The van der Waals surface area contributed by atoms with E-state index in [2.05, 4.69) is 0 Å². The molecule has 0 radical (unpaired) electrons. The summed E-state index contributed by atoms with van der Waals surface area (Å²) in [5, 5.41) is 9.67. The molecule has 0 aromatic heterocycles. The molecule has 0 saturated carbocycles. The van der Waals surface area contributed by atoms with Gasteiger partial charge in [0.05, 0.1) is 45.3 Å². The molecule has 0 fully saturated rings. The molecule has 1 aromatic carbocycles. The van der Waals surface area contributed by atoms with Gasteiger partial charge in [-0.3, -0.25) is 0 Å². The van der Waals surface area contributed by atoms with Crippen LogP contribution in [0.3, 0.4) is 0 Å². The SMILES string of the molecule is COC(=O)C1=C(C(=O)OC)N(c2cc(OC)c(OC)cc2C(=O)O)C=CC=C1. The first-order valence-electron chi connectivity index (χ1n) is 7.93. The van der Waals surface area contributed by atoms with Gasteiger partial charge in [0.1, 0.15) is 5.70 Å². The Kier molecular flexibility index (Phi) is 6.43. The summed E-state index contributed by atoms with van der Waals surface area (Å²) in [6.45, 7) is 0. The Morgan fingerprint density at radius 1 is 0.893 bits per heavy atom. The van der Waals surface area contributed by atoms with Crippen molar-refractivity contribution in [1.29, 1.82) is 0 Å². The van der Waals surface area contributed by atoms with Crippen LogP contribution in [0.1, 0.15) is 10.4 Å². The van der Waals surface area contributed by atoms with Gasteiger partial charge in [-0.2, -0.15) is 0 Å². The highest BCUT2D eigenvalue weighted by atomic mass is 16.5. The van der Waals surface area contributed by atoms with Gasteiger partial charge in [-0.25, -0.2) is 14.4 Å². The Morgan fingerprint density at radius 2 is 1.50 bits per heavy atom. The number of nitrogens with zero attached hydrogens (tertiary/aromatic N) is 1. The Morgan fingerprint density at radius 3 is 2.04 bits per heavy atom. The maximum absolute atomic E-state index is 12.5. The molecule has 0 unspecified atom stereocenters. The van der Waals surface area contributed by atoms with E-state index in [9.17, 15) is 19.5 Å². The molecule has 28 heavy (non-hydrogen) atoms. The van der Waals surface area contributed by atoms with E-state index in [0.29, 0.717) is 0 Å². The summed E-state index contributed by atoms with van der Waals surface area (Å²) >= 11 is 0. The second kappa shape index (κ2) is 8.76. The molecule has 0 amide bonds. The summed E-state index contributed by atoms with van der Waals surface area (Å²) in [5.74, 6) is -2.50. The van der Waals surface area contributed by atoms with Gasteiger partial charge in [-0.05, 0) is 12.2 Å². The van der Waals surface area contributed by atoms with E-state index < -0.39 is 17.9 Å². The fraction of sp³-hybridized carbons (Fsp3) is 0.211. The highest BCUT2D eigenvalue weighted by Gasteiger charge is 2.30. The maximum Gasteiger partial charge on any atom is 0.355 e. The first-order chi connectivity index (χ1) is 13.4. The standard InChI is InChI=1S/C19H19NO8/c1-25-14-9-12(17(21)22)13(10-15(14)26-2)20-8-6-5-7-11(18(23)27-3)16(20)19(24)28-4/h5-10H,1-4H3,(H,21,22). The molecule has 0 spiro atoms. The number of benzene rings is 1. The van der Waals surface area contributed by atoms with Gasteiger partial charge in [0.2, 0.25) is 0 Å². The summed E-state index contributed by atoms with van der Waals surface area (Å²) in [6.07, 6.45) is 5.83. The Hall–Kier alpha value is -3.75. The Bertz CT molecular complexity index is 897. The number of carboxylic acids is 1. The van der Waals surface area contributed by atoms with E-state index in [1.165, 1.54) is 62.8 Å². The quantitative estimate of drug-likeness (QED) is 0.729. The third kappa shape index (κ3) is 3.83. The third-order valence-electron chi connectivity index (χ3n) is 3.88. The van der Waals surface area contributed by atoms with Crippen LogP contribution in [0.4, 0.5) is 5.69 Å². The molecule has 148 valence electrons. The van der Waals surface area contributed by atoms with Crippen LogP contribution in [0.5, 0.6) is 11.5 Å². The van der Waals surface area contributed by atoms with E-state index in [0.717, 1.165) is 7.11 Å². The predicted octanol–water partition coefficient (Wildman–Crippen LogP) is 1.89. The highest BCUT2D eigenvalue weighted by Crippen LogP contribution is 2.38. The third-order valence-corrected chi connectivity index (χ3v) is 3.88. The fourth-order valence-electron chi connectivity index (χ4n) is 2.59. The average Bonchev–Trinajstić information content (AvgIpc) is 2.94. The Labute approximate surface area is 161 Å². The lowest BCUT2D eigenvalue weighted by molar-refractivity contribution is -0.139. The lowest BCUT2D eigenvalue weighted by atomic mass is 10.1. The minimum atomic E-state index is -1.27. The molecule has 0 atom stereocenters. The fourth-order valence-corrected chi connectivity index (χ4v) is 2.59. The summed E-state index contributed by atoms with van der Waals surface area (Å²) in [4.78, 5) is 37.8. The second-order valence-electron chi connectivity index (χ2n) is 5.35. The van der Waals surface area contributed by atoms with E-state index >= 15 is 0 Å². The number of allylic oxidation sites excluding steroid dienone is 2. The van der Waals surface area contributed by atoms with Crippen molar-refractivity contribution in [1.82, 2.24) is 0 Å². The molecule has 9 heteroatoms. The molecule has 0 bridgehead atoms. The van der Waals surface area contributed by atoms with Gasteiger partial charge < -0.3 is 29.0 Å². The maximum atomic E-state index is 12.5. The minimum absolute atomic E-state index is 0.0619. The summed E-state index contributed by atoms with van der Waals surface area (Å²) in [6, 6.07) is 2.64. The first-order valence-corrected chi connectivity index (χ1v) is 7.93. The second-order valence-corrected chi connectivity index (χ2v) is 5.35. The summed E-state index contributed by atoms with van der Waals surface area (Å²) in [7, 11) is 5.07. The van der Waals surface area contributed by atoms with E-state index in [-0.39, 0.29) is 34.0 Å². The van der Waals surface area contributed by atoms with Gasteiger partial charge in [-0.1, -0.05) is 6.08 Å². The van der Waals surface area contributed by atoms with Crippen LogP contribution in [-0.4, -0.2) is 51.5 Å². The van der Waals surface area contributed by atoms with Crippen molar-refractivity contribution in [3.8, 4) is 11.5 Å². The van der Waals surface area contributed by atoms with Crippen LogP contribution in [0.25, 0.3) is 0 Å². The van der Waals surface area contributed by atoms with Gasteiger partial charge >= 0.3 is 17.9 Å². The number of methoxy groups -OCH3 is 4. The van der Waals surface area contributed by atoms with E-state index in [4.69, 9.17) is 18.9 Å². The zero-order valence-electron chi connectivity index (χ0n) is 15.7. The molecule has 0 saturated heterocycles. The first kappa shape index (κ1) is 20.6. The van der Waals surface area contributed by atoms with Crippen molar-refractivity contribution in [2.24, 2.45) is 0 Å². The smallest absolute Gasteiger partial charge is 0.355 e. The number of carbonyl (C=O) groups excluding carboxylic acids is 2. The van der Waals surface area contributed by atoms with Crippen LogP contribution in [0.15, 0.2) is 47.8 Å². The zero-order chi connectivity index (χ0) is 20.8. The number of anilines is 1. The number of aromatic carboxylic acids is 1. The number of hydrogen-bond acceptors (Lipinski definition) is 8. The molecule has 1 aliphatic heterocycles. The highest BCUT2D eigenvalue weighted by molar-refractivity contribution is 6.07. The molecule has 1 heterocycles. The number of ether oxygens (including phenoxy) is 4. The van der Waals surface area contributed by atoms with Crippen LogP contribution in [0, 0.1) is 0 Å². The van der Waals surface area contributed by atoms with Crippen LogP contribution in [-0.2, 0) is 19.1 Å². The molecular weight excluding hydrogens is 370 g/mol. The van der Waals surface area contributed by atoms with Crippen molar-refractivity contribution in [2.45, 2.75) is 0 Å². The minimum Gasteiger partial charge on any atom is -0.493 e. The molecule has 1 aromatic rings. The van der Waals surface area contributed by atoms with Crippen molar-refractivity contribution >= 4 is 23.6 Å². The largest absolute Gasteiger partial charge is 0.493 e. The Balaban J connectivity index is 2.84. The molecule has 9 nitrogen and oxygen atoms in total. The van der Waals surface area contributed by atoms with E-state index in [1.54, 1.807) is 0 Å². The normalized spacial score (nSPS) is 13.1. The zero-order valence-corrected chi connectivity index (χ0v) is 15.7. The van der Waals surface area contributed by atoms with Crippen molar-refractivity contribution in [3.63, 3.8) is 0 Å². The van der Waals surface area contributed by atoms with Crippen LogP contribution < -0.4 is 14.4 Å². The molecule has 0 aliphatic carbocycles. The van der Waals surface area contributed by atoms with Crippen molar-refractivity contribution in [3.05, 3.63) is 53.4 Å². The summed E-state index contributed by atoms with van der Waals surface area (Å²) in [5.41, 5.74) is -0.443. The van der Waals surface area contributed by atoms with Gasteiger partial charge in [-0.15, -0.1) is 0 Å². The number of carbonyl (C=O) groups is 3. The lowest BCUT2D eigenvalue weighted by Gasteiger charge is -2.25. The molecule has 2 rings (SSSR count). The van der Waals surface area contributed by atoms with Gasteiger partial charge in [0.25, 0.3) is 0 Å². The number of rotatable bonds is 6. The van der Waals surface area contributed by atoms with Crippen molar-refractivity contribution < 1.29 is 38.4 Å². The predicted molar refractivity (Wildman–Crippen MR) is 98.3 cm³/mol. The molecular formula is C19H19NO8. The van der Waals surface area contributed by atoms with E-state index in [1.807, 2.05) is 0 Å². The van der Waals surface area contributed by atoms with Crippen LogP contribution in [0.2, 0.25) is 0 Å². The molecule has 1 aliphatic rings. The lowest BCUT2D eigenvalue weighted by Crippen LogP contribution is -2.28. The average molecular weight is 389 g/mol.